The molecule has 3 aromatic rings. The molecule has 0 saturated heterocycles. The molecule has 3 aromatic carbocycles. The number of benzene rings is 3. The van der Waals surface area contributed by atoms with Crippen LogP contribution < -0.4 is 20.3 Å². The number of amides is 2. The maximum atomic E-state index is 12.8. The highest BCUT2D eigenvalue weighted by atomic mass is 79.9. The smallest absolute Gasteiger partial charge is 0.257 e. The molecule has 32 heavy (non-hydrogen) atoms. The number of carbonyl (C=O) groups is 2. The molecule has 0 unspecified atom stereocenters. The zero-order chi connectivity index (χ0) is 23.1. The highest BCUT2D eigenvalue weighted by molar-refractivity contribution is 9.10. The molecule has 8 heteroatoms. The Hall–Kier alpha value is -3.23. The van der Waals surface area contributed by atoms with Crippen LogP contribution in [-0.2, 0) is 6.54 Å². The molecule has 0 fully saturated rings. The summed E-state index contributed by atoms with van der Waals surface area (Å²) < 4.78 is 5.85. The molecule has 0 bridgehead atoms. The van der Waals surface area contributed by atoms with Crippen LogP contribution in [0, 0.1) is 0 Å². The van der Waals surface area contributed by atoms with Gasteiger partial charge in [0.1, 0.15) is 5.75 Å². The maximum Gasteiger partial charge on any atom is 0.257 e. The van der Waals surface area contributed by atoms with E-state index in [0.717, 1.165) is 5.56 Å². The number of para-hydroxylation sites is 1. The van der Waals surface area contributed by atoms with Gasteiger partial charge in [0, 0.05) is 19.2 Å². The number of ether oxygens (including phenoxy) is 1. The van der Waals surface area contributed by atoms with Crippen LogP contribution >= 0.6 is 28.1 Å². The zero-order valence-corrected chi connectivity index (χ0v) is 20.0. The molecule has 164 valence electrons. The molecule has 2 N–H and O–H groups in total. The summed E-state index contributed by atoms with van der Waals surface area (Å²) in [6.45, 7) is 0.408. The first-order valence-electron chi connectivity index (χ1n) is 9.74. The van der Waals surface area contributed by atoms with Gasteiger partial charge in [0.25, 0.3) is 11.8 Å². The minimum absolute atomic E-state index is 0.172. The average Bonchev–Trinajstić information content (AvgIpc) is 2.82. The Bertz CT molecular complexity index is 1140. The number of halogens is 1. The van der Waals surface area contributed by atoms with Gasteiger partial charge in [-0.2, -0.15) is 0 Å². The minimum Gasteiger partial charge on any atom is -0.496 e. The molecule has 0 saturated carbocycles. The molecule has 6 nitrogen and oxygen atoms in total. The number of carbonyl (C=O) groups excluding carboxylic acids is 2. The van der Waals surface area contributed by atoms with Crippen LogP contribution in [0.5, 0.6) is 5.75 Å². The second kappa shape index (κ2) is 10.9. The Labute approximate surface area is 200 Å². The van der Waals surface area contributed by atoms with Gasteiger partial charge in [0.2, 0.25) is 0 Å². The van der Waals surface area contributed by atoms with E-state index in [1.165, 1.54) is 0 Å². The van der Waals surface area contributed by atoms with Crippen molar-refractivity contribution in [1.82, 2.24) is 10.6 Å². The summed E-state index contributed by atoms with van der Waals surface area (Å²) >= 11 is 8.80. The van der Waals surface area contributed by atoms with E-state index >= 15 is 0 Å². The fourth-order valence-corrected chi connectivity index (χ4v) is 3.73. The SMILES string of the molecule is COc1ccc(C(=O)NC(=S)N(C)c2ccccc2C(=O)NCc2ccccc2)cc1Br. The van der Waals surface area contributed by atoms with Crippen molar-refractivity contribution < 1.29 is 14.3 Å². The van der Waals surface area contributed by atoms with Crippen LogP contribution in [0.1, 0.15) is 26.3 Å². The summed E-state index contributed by atoms with van der Waals surface area (Å²) in [4.78, 5) is 27.1. The lowest BCUT2D eigenvalue weighted by Gasteiger charge is -2.23. The molecular weight excluding hydrogens is 490 g/mol. The van der Waals surface area contributed by atoms with Crippen molar-refractivity contribution in [2.24, 2.45) is 0 Å². The van der Waals surface area contributed by atoms with E-state index in [9.17, 15) is 9.59 Å². The van der Waals surface area contributed by atoms with Crippen LogP contribution in [-0.4, -0.2) is 31.1 Å². The van der Waals surface area contributed by atoms with Gasteiger partial charge in [0.05, 0.1) is 22.8 Å². The van der Waals surface area contributed by atoms with Crippen LogP contribution in [0.3, 0.4) is 0 Å². The Kier molecular flexibility index (Phi) is 7.97. The Balaban J connectivity index is 1.71. The van der Waals surface area contributed by atoms with Crippen LogP contribution in [0.2, 0.25) is 0 Å². The predicted octanol–water partition coefficient (Wildman–Crippen LogP) is 4.54. The first-order chi connectivity index (χ1) is 15.4. The summed E-state index contributed by atoms with van der Waals surface area (Å²) in [6.07, 6.45) is 0. The van der Waals surface area contributed by atoms with E-state index in [0.29, 0.717) is 33.6 Å². The summed E-state index contributed by atoms with van der Waals surface area (Å²) in [5, 5.41) is 5.80. The lowest BCUT2D eigenvalue weighted by Crippen LogP contribution is -2.41. The highest BCUT2D eigenvalue weighted by Gasteiger charge is 2.18. The molecule has 0 radical (unpaired) electrons. The molecule has 0 spiro atoms. The fraction of sp³-hybridized carbons (Fsp3) is 0.125. The summed E-state index contributed by atoms with van der Waals surface area (Å²) in [7, 11) is 3.26. The monoisotopic (exact) mass is 511 g/mol. The largest absolute Gasteiger partial charge is 0.496 e. The average molecular weight is 512 g/mol. The quantitative estimate of drug-likeness (QED) is 0.475. The highest BCUT2D eigenvalue weighted by Crippen LogP contribution is 2.25. The van der Waals surface area contributed by atoms with E-state index < -0.39 is 0 Å². The molecule has 0 aliphatic heterocycles. The molecule has 2 amide bonds. The van der Waals surface area contributed by atoms with Gasteiger partial charge in [-0.1, -0.05) is 42.5 Å². The summed E-state index contributed by atoms with van der Waals surface area (Å²) in [5.74, 6) is 0.0254. The zero-order valence-electron chi connectivity index (χ0n) is 17.6. The summed E-state index contributed by atoms with van der Waals surface area (Å²) in [5.41, 5.74) is 2.46. The summed E-state index contributed by atoms with van der Waals surface area (Å²) in [6, 6.07) is 21.7. The van der Waals surface area contributed by atoms with Gasteiger partial charge in [-0.3, -0.25) is 14.9 Å². The molecule has 0 aliphatic carbocycles. The minimum atomic E-state index is -0.365. The van der Waals surface area contributed by atoms with E-state index in [4.69, 9.17) is 17.0 Å². The first kappa shape index (κ1) is 23.4. The van der Waals surface area contributed by atoms with E-state index in [1.807, 2.05) is 36.4 Å². The molecule has 0 aliphatic rings. The van der Waals surface area contributed by atoms with Crippen molar-refractivity contribution in [2.75, 3.05) is 19.1 Å². The van der Waals surface area contributed by atoms with Gasteiger partial charge in [-0.25, -0.2) is 0 Å². The van der Waals surface area contributed by atoms with Crippen molar-refractivity contribution in [3.05, 3.63) is 94.0 Å². The topological polar surface area (TPSA) is 70.7 Å². The van der Waals surface area contributed by atoms with Crippen molar-refractivity contribution >= 4 is 50.8 Å². The number of anilines is 1. The Morgan fingerprint density at radius 3 is 2.38 bits per heavy atom. The second-order valence-corrected chi connectivity index (χ2v) is 8.09. The Morgan fingerprint density at radius 2 is 1.69 bits per heavy atom. The number of methoxy groups -OCH3 is 1. The van der Waals surface area contributed by atoms with E-state index in [1.54, 1.807) is 55.5 Å². The molecular formula is C24H22BrN3O3S. The molecule has 0 heterocycles. The predicted molar refractivity (Wildman–Crippen MR) is 133 cm³/mol. The number of nitrogens with zero attached hydrogens (tertiary/aromatic N) is 1. The van der Waals surface area contributed by atoms with Crippen molar-refractivity contribution in [1.29, 1.82) is 0 Å². The van der Waals surface area contributed by atoms with E-state index in [2.05, 4.69) is 26.6 Å². The number of hydrogen-bond donors (Lipinski definition) is 2. The fourth-order valence-electron chi connectivity index (χ4n) is 3.00. The van der Waals surface area contributed by atoms with E-state index in [-0.39, 0.29) is 16.9 Å². The van der Waals surface area contributed by atoms with Crippen molar-refractivity contribution in [3.8, 4) is 5.75 Å². The first-order valence-corrected chi connectivity index (χ1v) is 10.9. The van der Waals surface area contributed by atoms with Gasteiger partial charge in [-0.05, 0) is 64.0 Å². The Morgan fingerprint density at radius 1 is 1.00 bits per heavy atom. The van der Waals surface area contributed by atoms with Crippen molar-refractivity contribution in [3.63, 3.8) is 0 Å². The maximum absolute atomic E-state index is 12.8. The van der Waals surface area contributed by atoms with Crippen LogP contribution in [0.4, 0.5) is 5.69 Å². The lowest BCUT2D eigenvalue weighted by molar-refractivity contribution is 0.0950. The number of hydrogen-bond acceptors (Lipinski definition) is 4. The lowest BCUT2D eigenvalue weighted by atomic mass is 10.1. The molecule has 0 atom stereocenters. The third-order valence-corrected chi connectivity index (χ3v) is 5.74. The second-order valence-electron chi connectivity index (χ2n) is 6.85. The third kappa shape index (κ3) is 5.72. The molecule has 3 rings (SSSR count). The van der Waals surface area contributed by atoms with Gasteiger partial charge < -0.3 is 15.0 Å². The standard InChI is InChI=1S/C24H22BrN3O3S/c1-28(24(32)27-22(29)17-12-13-21(31-2)19(25)14-17)20-11-7-6-10-18(20)23(30)26-15-16-8-4-3-5-9-16/h3-14H,15H2,1-2H3,(H,26,30)(H,27,29,32). The van der Waals surface area contributed by atoms with Gasteiger partial charge >= 0.3 is 0 Å². The van der Waals surface area contributed by atoms with Gasteiger partial charge in [0.15, 0.2) is 5.11 Å². The van der Waals surface area contributed by atoms with Crippen molar-refractivity contribution in [2.45, 2.75) is 6.54 Å². The number of rotatable bonds is 6. The number of thiocarbonyl (C=S) groups is 1. The number of nitrogens with one attached hydrogen (secondary N) is 2. The molecule has 0 aromatic heterocycles. The van der Waals surface area contributed by atoms with Crippen LogP contribution in [0.25, 0.3) is 0 Å². The third-order valence-electron chi connectivity index (χ3n) is 4.75. The van der Waals surface area contributed by atoms with Crippen LogP contribution in [0.15, 0.2) is 77.3 Å². The van der Waals surface area contributed by atoms with Gasteiger partial charge in [-0.15, -0.1) is 0 Å². The normalized spacial score (nSPS) is 10.2.